The number of thiazole rings is 1. The molecule has 3 N–H and O–H groups in total. The van der Waals surface area contributed by atoms with Gasteiger partial charge >= 0.3 is 0 Å². The third kappa shape index (κ3) is 3.50. The summed E-state index contributed by atoms with van der Waals surface area (Å²) in [6.07, 6.45) is 0. The molecule has 0 aliphatic rings. The monoisotopic (exact) mass is 307 g/mol. The van der Waals surface area contributed by atoms with Crippen molar-refractivity contribution in [2.24, 2.45) is 5.73 Å². The molecule has 0 bridgehead atoms. The fourth-order valence-corrected chi connectivity index (χ4v) is 2.45. The first-order valence-electron chi connectivity index (χ1n) is 6.29. The van der Waals surface area contributed by atoms with E-state index in [1.807, 2.05) is 6.92 Å². The van der Waals surface area contributed by atoms with Crippen LogP contribution in [0.1, 0.15) is 28.5 Å². The Labute approximate surface area is 126 Å². The topological polar surface area (TPSA) is 86.5 Å². The molecule has 1 heterocycles. The fraction of sp³-hybridized carbons (Fsp3) is 0.286. The minimum Gasteiger partial charge on any atom is -0.497 e. The smallest absolute Gasteiger partial charge is 0.275 e. The average molecular weight is 307 g/mol. The second-order valence-electron chi connectivity index (χ2n) is 4.38. The van der Waals surface area contributed by atoms with Crippen molar-refractivity contribution < 1.29 is 14.3 Å². The number of rotatable bonds is 5. The summed E-state index contributed by atoms with van der Waals surface area (Å²) in [7, 11) is 3.10. The van der Waals surface area contributed by atoms with Gasteiger partial charge in [0.2, 0.25) is 0 Å². The highest BCUT2D eigenvalue weighted by molar-refractivity contribution is 7.09. The largest absolute Gasteiger partial charge is 0.497 e. The number of carbonyl (C=O) groups is 1. The van der Waals surface area contributed by atoms with Crippen molar-refractivity contribution >= 4 is 22.9 Å². The zero-order valence-corrected chi connectivity index (χ0v) is 12.9. The van der Waals surface area contributed by atoms with Crippen molar-refractivity contribution in [2.45, 2.75) is 13.0 Å². The second kappa shape index (κ2) is 6.55. The van der Waals surface area contributed by atoms with Crippen molar-refractivity contribution in [1.82, 2.24) is 4.98 Å². The lowest BCUT2D eigenvalue weighted by Gasteiger charge is -2.10. The lowest BCUT2D eigenvalue weighted by Crippen LogP contribution is -2.14. The molecule has 2 rings (SSSR count). The van der Waals surface area contributed by atoms with E-state index in [9.17, 15) is 4.79 Å². The van der Waals surface area contributed by atoms with E-state index in [0.29, 0.717) is 22.9 Å². The third-order valence-corrected chi connectivity index (χ3v) is 3.85. The molecule has 0 fully saturated rings. The number of carbonyl (C=O) groups excluding carboxylic acids is 1. The zero-order chi connectivity index (χ0) is 15.4. The molecular formula is C14H17N3O3S. The first kappa shape index (κ1) is 15.3. The van der Waals surface area contributed by atoms with Crippen molar-refractivity contribution in [3.8, 4) is 11.5 Å². The summed E-state index contributed by atoms with van der Waals surface area (Å²) in [5.41, 5.74) is 6.63. The Balaban J connectivity index is 2.18. The Morgan fingerprint density at radius 1 is 1.38 bits per heavy atom. The van der Waals surface area contributed by atoms with Gasteiger partial charge < -0.3 is 20.5 Å². The highest BCUT2D eigenvalue weighted by atomic mass is 32.1. The molecule has 0 aliphatic carbocycles. The van der Waals surface area contributed by atoms with Gasteiger partial charge in [-0.15, -0.1) is 11.3 Å². The van der Waals surface area contributed by atoms with Gasteiger partial charge in [-0.25, -0.2) is 4.98 Å². The van der Waals surface area contributed by atoms with Crippen LogP contribution in [0, 0.1) is 0 Å². The van der Waals surface area contributed by atoms with Crippen molar-refractivity contribution in [2.75, 3.05) is 19.5 Å². The summed E-state index contributed by atoms with van der Waals surface area (Å²) in [6.45, 7) is 1.83. The minimum absolute atomic E-state index is 0.188. The van der Waals surface area contributed by atoms with E-state index in [2.05, 4.69) is 10.3 Å². The van der Waals surface area contributed by atoms with Gasteiger partial charge in [0.05, 0.1) is 25.9 Å². The van der Waals surface area contributed by atoms with Crippen LogP contribution in [-0.2, 0) is 0 Å². The summed E-state index contributed by atoms with van der Waals surface area (Å²) < 4.78 is 10.3. The lowest BCUT2D eigenvalue weighted by molar-refractivity contribution is 0.102. The lowest BCUT2D eigenvalue weighted by atomic mass is 10.2. The van der Waals surface area contributed by atoms with E-state index in [1.54, 1.807) is 30.7 Å². The third-order valence-electron chi connectivity index (χ3n) is 2.80. The predicted molar refractivity (Wildman–Crippen MR) is 82.2 cm³/mol. The number of methoxy groups -OCH3 is 2. The highest BCUT2D eigenvalue weighted by Crippen LogP contribution is 2.29. The number of hydrogen-bond donors (Lipinski definition) is 2. The van der Waals surface area contributed by atoms with E-state index in [0.717, 1.165) is 5.01 Å². The number of amides is 1. The van der Waals surface area contributed by atoms with Gasteiger partial charge in [-0.05, 0) is 19.1 Å². The summed E-state index contributed by atoms with van der Waals surface area (Å²) in [4.78, 5) is 16.4. The van der Waals surface area contributed by atoms with Crippen LogP contribution in [-0.4, -0.2) is 25.1 Å². The van der Waals surface area contributed by atoms with Crippen LogP contribution >= 0.6 is 11.3 Å². The van der Waals surface area contributed by atoms with Crippen molar-refractivity contribution in [3.63, 3.8) is 0 Å². The van der Waals surface area contributed by atoms with Gasteiger partial charge in [0, 0.05) is 11.4 Å². The van der Waals surface area contributed by atoms with E-state index in [1.165, 1.54) is 18.4 Å². The first-order valence-corrected chi connectivity index (χ1v) is 7.17. The molecule has 0 saturated carbocycles. The second-order valence-corrected chi connectivity index (χ2v) is 5.27. The molecule has 1 atom stereocenters. The van der Waals surface area contributed by atoms with E-state index < -0.39 is 0 Å². The molecule has 1 unspecified atom stereocenters. The molecule has 0 aliphatic heterocycles. The normalized spacial score (nSPS) is 11.8. The van der Waals surface area contributed by atoms with Crippen LogP contribution in [0.2, 0.25) is 0 Å². The number of anilines is 1. The van der Waals surface area contributed by atoms with E-state index >= 15 is 0 Å². The maximum atomic E-state index is 12.2. The number of nitrogens with one attached hydrogen (secondary N) is 1. The van der Waals surface area contributed by atoms with Crippen LogP contribution < -0.4 is 20.5 Å². The Morgan fingerprint density at radius 3 is 2.71 bits per heavy atom. The molecule has 0 saturated heterocycles. The number of nitrogens with two attached hydrogens (primary N) is 1. The maximum absolute atomic E-state index is 12.2. The van der Waals surface area contributed by atoms with Gasteiger partial charge in [0.25, 0.3) is 5.91 Å². The molecule has 1 aromatic carbocycles. The number of ether oxygens (including phenoxy) is 2. The van der Waals surface area contributed by atoms with Crippen LogP contribution in [0.4, 0.5) is 5.69 Å². The molecule has 2 aromatic rings. The Kier molecular flexibility index (Phi) is 4.77. The van der Waals surface area contributed by atoms with Gasteiger partial charge in [0.15, 0.2) is 0 Å². The van der Waals surface area contributed by atoms with Crippen molar-refractivity contribution in [3.05, 3.63) is 34.3 Å². The number of aromatic nitrogens is 1. The SMILES string of the molecule is COc1ccc(NC(=O)c2csc(C(C)N)n2)c(OC)c1. The highest BCUT2D eigenvalue weighted by Gasteiger charge is 2.15. The summed E-state index contributed by atoms with van der Waals surface area (Å²) in [5.74, 6) is 0.865. The molecule has 21 heavy (non-hydrogen) atoms. The summed E-state index contributed by atoms with van der Waals surface area (Å²) >= 11 is 1.36. The molecule has 6 nitrogen and oxygen atoms in total. The fourth-order valence-electron chi connectivity index (χ4n) is 1.69. The van der Waals surface area contributed by atoms with E-state index in [-0.39, 0.29) is 11.9 Å². The van der Waals surface area contributed by atoms with Gasteiger partial charge in [0.1, 0.15) is 22.2 Å². The van der Waals surface area contributed by atoms with Gasteiger partial charge in [-0.1, -0.05) is 0 Å². The summed E-state index contributed by atoms with van der Waals surface area (Å²) in [5, 5.41) is 5.17. The van der Waals surface area contributed by atoms with Crippen LogP contribution in [0.3, 0.4) is 0 Å². The van der Waals surface area contributed by atoms with E-state index in [4.69, 9.17) is 15.2 Å². The van der Waals surface area contributed by atoms with Gasteiger partial charge in [-0.2, -0.15) is 0 Å². The van der Waals surface area contributed by atoms with Crippen LogP contribution in [0.5, 0.6) is 11.5 Å². The molecule has 1 amide bonds. The summed E-state index contributed by atoms with van der Waals surface area (Å²) in [6, 6.07) is 4.97. The molecule has 7 heteroatoms. The number of benzene rings is 1. The van der Waals surface area contributed by atoms with Crippen molar-refractivity contribution in [1.29, 1.82) is 0 Å². The van der Waals surface area contributed by atoms with Crippen LogP contribution in [0.25, 0.3) is 0 Å². The number of hydrogen-bond acceptors (Lipinski definition) is 6. The van der Waals surface area contributed by atoms with Gasteiger partial charge in [-0.3, -0.25) is 4.79 Å². The zero-order valence-electron chi connectivity index (χ0n) is 12.0. The average Bonchev–Trinajstić information content (AvgIpc) is 2.97. The Bertz CT molecular complexity index is 640. The van der Waals surface area contributed by atoms with Crippen LogP contribution in [0.15, 0.2) is 23.6 Å². The quantitative estimate of drug-likeness (QED) is 0.886. The minimum atomic E-state index is -0.304. The molecule has 1 aromatic heterocycles. The number of nitrogens with zero attached hydrogens (tertiary/aromatic N) is 1. The molecule has 112 valence electrons. The molecular weight excluding hydrogens is 290 g/mol. The maximum Gasteiger partial charge on any atom is 0.275 e. The molecule has 0 radical (unpaired) electrons. The standard InChI is InChI=1S/C14H17N3O3S/c1-8(15)14-17-11(7-21-14)13(18)16-10-5-4-9(19-2)6-12(10)20-3/h4-8H,15H2,1-3H3,(H,16,18). The Morgan fingerprint density at radius 2 is 2.14 bits per heavy atom. The Hall–Kier alpha value is -2.12. The first-order chi connectivity index (χ1) is 10.0. The molecule has 0 spiro atoms. The predicted octanol–water partition coefficient (Wildman–Crippen LogP) is 2.43.